The van der Waals surface area contributed by atoms with E-state index in [0.717, 1.165) is 44.0 Å². The number of nitrogens with one attached hydrogen (secondary N) is 2. The van der Waals surface area contributed by atoms with Crippen LogP contribution in [-0.2, 0) is 6.42 Å². The third-order valence-corrected chi connectivity index (χ3v) is 3.25. The van der Waals surface area contributed by atoms with Crippen molar-refractivity contribution in [2.45, 2.75) is 12.8 Å². The molecule has 0 aliphatic rings. The molecule has 0 bridgehead atoms. The Balaban J connectivity index is 1.78. The standard InChI is InChI=1S/C18H24N2O/c1-19-12-6-13-20-14-11-16-7-5-10-18(15-16)21-17-8-3-2-4-9-17/h2-5,7-10,15,19-20H,6,11-14H2,1H3. The molecule has 0 aromatic heterocycles. The van der Waals surface area contributed by atoms with E-state index in [1.54, 1.807) is 0 Å². The van der Waals surface area contributed by atoms with Gasteiger partial charge < -0.3 is 15.4 Å². The molecule has 0 aliphatic heterocycles. The van der Waals surface area contributed by atoms with Gasteiger partial charge in [-0.2, -0.15) is 0 Å². The number of hydrogen-bond acceptors (Lipinski definition) is 3. The Hall–Kier alpha value is -1.84. The van der Waals surface area contributed by atoms with Crippen LogP contribution in [0.15, 0.2) is 54.6 Å². The molecule has 112 valence electrons. The summed E-state index contributed by atoms with van der Waals surface area (Å²) in [4.78, 5) is 0. The fourth-order valence-electron chi connectivity index (χ4n) is 2.14. The Morgan fingerprint density at radius 1 is 0.857 bits per heavy atom. The van der Waals surface area contributed by atoms with E-state index < -0.39 is 0 Å². The number of benzene rings is 2. The van der Waals surface area contributed by atoms with Gasteiger partial charge in [-0.1, -0.05) is 30.3 Å². The molecule has 3 nitrogen and oxygen atoms in total. The Kier molecular flexibility index (Phi) is 6.78. The SMILES string of the molecule is CNCCCNCCc1cccc(Oc2ccccc2)c1. The summed E-state index contributed by atoms with van der Waals surface area (Å²) < 4.78 is 5.85. The maximum Gasteiger partial charge on any atom is 0.127 e. The van der Waals surface area contributed by atoms with Gasteiger partial charge in [0.05, 0.1) is 0 Å². The number of hydrogen-bond donors (Lipinski definition) is 2. The van der Waals surface area contributed by atoms with Gasteiger partial charge >= 0.3 is 0 Å². The van der Waals surface area contributed by atoms with Crippen molar-refractivity contribution in [3.8, 4) is 11.5 Å². The quantitative estimate of drug-likeness (QED) is 0.694. The Bertz CT molecular complexity index is 514. The van der Waals surface area contributed by atoms with E-state index in [1.165, 1.54) is 5.56 Å². The summed E-state index contributed by atoms with van der Waals surface area (Å²) in [6.07, 6.45) is 2.18. The summed E-state index contributed by atoms with van der Waals surface area (Å²) in [6.45, 7) is 3.12. The molecule has 0 spiro atoms. The van der Waals surface area contributed by atoms with E-state index in [1.807, 2.05) is 43.4 Å². The van der Waals surface area contributed by atoms with Crippen molar-refractivity contribution >= 4 is 0 Å². The summed E-state index contributed by atoms with van der Waals surface area (Å²) in [5, 5.41) is 6.61. The highest BCUT2D eigenvalue weighted by Gasteiger charge is 1.99. The molecular formula is C18H24N2O. The van der Waals surface area contributed by atoms with Crippen LogP contribution in [0, 0.1) is 0 Å². The van der Waals surface area contributed by atoms with Crippen molar-refractivity contribution < 1.29 is 4.74 Å². The van der Waals surface area contributed by atoms with Crippen molar-refractivity contribution in [3.63, 3.8) is 0 Å². The number of rotatable bonds is 9. The first-order valence-electron chi connectivity index (χ1n) is 7.55. The van der Waals surface area contributed by atoms with Gasteiger partial charge in [-0.05, 0) is 69.4 Å². The second-order valence-electron chi connectivity index (χ2n) is 5.02. The molecule has 0 unspecified atom stereocenters. The van der Waals surface area contributed by atoms with Crippen LogP contribution >= 0.6 is 0 Å². The van der Waals surface area contributed by atoms with E-state index in [2.05, 4.69) is 28.8 Å². The van der Waals surface area contributed by atoms with Gasteiger partial charge in [0.15, 0.2) is 0 Å². The van der Waals surface area contributed by atoms with Crippen LogP contribution in [0.1, 0.15) is 12.0 Å². The molecule has 0 fully saturated rings. The maximum atomic E-state index is 5.85. The molecule has 2 rings (SSSR count). The highest BCUT2D eigenvalue weighted by Crippen LogP contribution is 2.21. The first-order chi connectivity index (χ1) is 10.4. The molecule has 0 heterocycles. The molecule has 0 aliphatic carbocycles. The van der Waals surface area contributed by atoms with Crippen LogP contribution in [0.3, 0.4) is 0 Å². The highest BCUT2D eigenvalue weighted by atomic mass is 16.5. The third kappa shape index (κ3) is 5.98. The molecule has 0 atom stereocenters. The van der Waals surface area contributed by atoms with Gasteiger partial charge in [0.1, 0.15) is 11.5 Å². The minimum atomic E-state index is 0.875. The van der Waals surface area contributed by atoms with E-state index in [4.69, 9.17) is 4.74 Å². The van der Waals surface area contributed by atoms with Crippen LogP contribution < -0.4 is 15.4 Å². The average Bonchev–Trinajstić information content (AvgIpc) is 2.52. The largest absolute Gasteiger partial charge is 0.457 e. The zero-order chi connectivity index (χ0) is 14.8. The summed E-state index contributed by atoms with van der Waals surface area (Å²) >= 11 is 0. The predicted molar refractivity (Wildman–Crippen MR) is 88.1 cm³/mol. The van der Waals surface area contributed by atoms with Gasteiger partial charge in [0.25, 0.3) is 0 Å². The first kappa shape index (κ1) is 15.5. The second kappa shape index (κ2) is 9.16. The van der Waals surface area contributed by atoms with Gasteiger partial charge in [-0.25, -0.2) is 0 Å². The average molecular weight is 284 g/mol. The Labute approximate surface area is 127 Å². The molecular weight excluding hydrogens is 260 g/mol. The topological polar surface area (TPSA) is 33.3 Å². The lowest BCUT2D eigenvalue weighted by Gasteiger charge is -2.08. The molecule has 2 N–H and O–H groups in total. The van der Waals surface area contributed by atoms with Crippen molar-refractivity contribution in [2.75, 3.05) is 26.7 Å². The van der Waals surface area contributed by atoms with Gasteiger partial charge in [0, 0.05) is 0 Å². The number of para-hydroxylation sites is 1. The zero-order valence-corrected chi connectivity index (χ0v) is 12.6. The van der Waals surface area contributed by atoms with Crippen LogP contribution in [0.2, 0.25) is 0 Å². The smallest absolute Gasteiger partial charge is 0.127 e. The maximum absolute atomic E-state index is 5.85. The van der Waals surface area contributed by atoms with Crippen LogP contribution in [0.25, 0.3) is 0 Å². The molecule has 2 aromatic carbocycles. The van der Waals surface area contributed by atoms with E-state index in [9.17, 15) is 0 Å². The van der Waals surface area contributed by atoms with E-state index in [-0.39, 0.29) is 0 Å². The lowest BCUT2D eigenvalue weighted by molar-refractivity contribution is 0.482. The molecule has 0 amide bonds. The van der Waals surface area contributed by atoms with Crippen molar-refractivity contribution in [1.82, 2.24) is 10.6 Å². The molecule has 2 aromatic rings. The monoisotopic (exact) mass is 284 g/mol. The summed E-state index contributed by atoms with van der Waals surface area (Å²) in [7, 11) is 1.98. The van der Waals surface area contributed by atoms with Crippen LogP contribution in [0.4, 0.5) is 0 Å². The fraction of sp³-hybridized carbons (Fsp3) is 0.333. The summed E-state index contributed by atoms with van der Waals surface area (Å²) in [5.41, 5.74) is 1.30. The molecule has 0 radical (unpaired) electrons. The number of ether oxygens (including phenoxy) is 1. The van der Waals surface area contributed by atoms with Crippen molar-refractivity contribution in [2.24, 2.45) is 0 Å². The van der Waals surface area contributed by atoms with Crippen LogP contribution in [0.5, 0.6) is 11.5 Å². The lowest BCUT2D eigenvalue weighted by atomic mass is 10.1. The minimum Gasteiger partial charge on any atom is -0.457 e. The normalized spacial score (nSPS) is 10.5. The third-order valence-electron chi connectivity index (χ3n) is 3.25. The molecule has 0 saturated heterocycles. The van der Waals surface area contributed by atoms with Gasteiger partial charge in [-0.15, -0.1) is 0 Å². The summed E-state index contributed by atoms with van der Waals surface area (Å²) in [5.74, 6) is 1.77. The summed E-state index contributed by atoms with van der Waals surface area (Å²) in [6, 6.07) is 18.2. The predicted octanol–water partition coefficient (Wildman–Crippen LogP) is 3.22. The lowest BCUT2D eigenvalue weighted by Crippen LogP contribution is -2.21. The second-order valence-corrected chi connectivity index (χ2v) is 5.02. The highest BCUT2D eigenvalue weighted by molar-refractivity contribution is 5.33. The Morgan fingerprint density at radius 2 is 1.67 bits per heavy atom. The zero-order valence-electron chi connectivity index (χ0n) is 12.6. The van der Waals surface area contributed by atoms with Crippen LogP contribution in [-0.4, -0.2) is 26.7 Å². The Morgan fingerprint density at radius 3 is 2.48 bits per heavy atom. The van der Waals surface area contributed by atoms with E-state index in [0.29, 0.717) is 0 Å². The van der Waals surface area contributed by atoms with Crippen molar-refractivity contribution in [1.29, 1.82) is 0 Å². The van der Waals surface area contributed by atoms with E-state index >= 15 is 0 Å². The van der Waals surface area contributed by atoms with Gasteiger partial charge in [-0.3, -0.25) is 0 Å². The van der Waals surface area contributed by atoms with Gasteiger partial charge in [0.2, 0.25) is 0 Å². The molecule has 21 heavy (non-hydrogen) atoms. The molecule has 3 heteroatoms. The molecule has 0 saturated carbocycles. The fourth-order valence-corrected chi connectivity index (χ4v) is 2.14. The van der Waals surface area contributed by atoms with Crippen molar-refractivity contribution in [3.05, 3.63) is 60.2 Å². The minimum absolute atomic E-state index is 0.875. The first-order valence-corrected chi connectivity index (χ1v) is 7.55.